The molecule has 0 saturated carbocycles. The highest BCUT2D eigenvalue weighted by Gasteiger charge is 2.18. The second kappa shape index (κ2) is 6.70. The van der Waals surface area contributed by atoms with Crippen molar-refractivity contribution in [2.24, 2.45) is 0 Å². The van der Waals surface area contributed by atoms with Gasteiger partial charge in [-0.2, -0.15) is 0 Å². The molecule has 3 heterocycles. The molecule has 0 spiro atoms. The lowest BCUT2D eigenvalue weighted by molar-refractivity contribution is 0.248. The van der Waals surface area contributed by atoms with E-state index in [1.807, 2.05) is 20.8 Å². The minimum Gasteiger partial charge on any atom is -0.329 e. The highest BCUT2D eigenvalue weighted by Crippen LogP contribution is 2.24. The van der Waals surface area contributed by atoms with Gasteiger partial charge in [0.2, 0.25) is 0 Å². The normalized spacial score (nSPS) is 12.3. The topological polar surface area (TPSA) is 88.4 Å². The van der Waals surface area contributed by atoms with Gasteiger partial charge in [0.25, 0.3) is 5.56 Å². The van der Waals surface area contributed by atoms with Gasteiger partial charge in [0.1, 0.15) is 10.7 Å². The summed E-state index contributed by atoms with van der Waals surface area (Å²) in [6.07, 6.45) is 3.72. The number of nitrogens with one attached hydrogen (secondary N) is 2. The third-order valence-electron chi connectivity index (χ3n) is 3.65. The molecule has 0 bridgehead atoms. The van der Waals surface area contributed by atoms with E-state index >= 15 is 0 Å². The van der Waals surface area contributed by atoms with E-state index in [9.17, 15) is 9.59 Å². The SMILES string of the molecule is CCC(NC(=O)Nc1cnc2sccn2c1=O)c1nc(C)c(C)s1. The average Bonchev–Trinajstić information content (AvgIpc) is 3.15. The molecule has 9 heteroatoms. The van der Waals surface area contributed by atoms with Crippen LogP contribution < -0.4 is 16.2 Å². The first-order valence-electron chi connectivity index (χ1n) is 7.46. The predicted octanol–water partition coefficient (Wildman–Crippen LogP) is 3.10. The number of carbonyl (C=O) groups excluding carboxylic acids is 1. The van der Waals surface area contributed by atoms with Crippen LogP contribution in [0.4, 0.5) is 10.5 Å². The molecule has 0 aliphatic heterocycles. The van der Waals surface area contributed by atoms with Gasteiger partial charge >= 0.3 is 6.03 Å². The average molecular weight is 363 g/mol. The minimum atomic E-state index is -0.443. The molecule has 0 fully saturated rings. The number of anilines is 1. The number of fused-ring (bicyclic) bond motifs is 1. The third-order valence-corrected chi connectivity index (χ3v) is 5.60. The van der Waals surface area contributed by atoms with Crippen LogP contribution in [0.1, 0.15) is 35.0 Å². The Hall–Kier alpha value is -2.26. The van der Waals surface area contributed by atoms with Crippen LogP contribution >= 0.6 is 22.7 Å². The summed E-state index contributed by atoms with van der Waals surface area (Å²) in [4.78, 5) is 34.9. The molecule has 3 aromatic heterocycles. The number of urea groups is 1. The Bertz CT molecular complexity index is 923. The van der Waals surface area contributed by atoms with Crippen molar-refractivity contribution in [3.63, 3.8) is 0 Å². The van der Waals surface area contributed by atoms with Crippen molar-refractivity contribution in [2.45, 2.75) is 33.2 Å². The third kappa shape index (κ3) is 3.17. The first kappa shape index (κ1) is 16.6. The lowest BCUT2D eigenvalue weighted by Crippen LogP contribution is -2.34. The van der Waals surface area contributed by atoms with Gasteiger partial charge in [-0.3, -0.25) is 9.20 Å². The van der Waals surface area contributed by atoms with Crippen molar-refractivity contribution < 1.29 is 4.79 Å². The lowest BCUT2D eigenvalue weighted by atomic mass is 10.2. The summed E-state index contributed by atoms with van der Waals surface area (Å²) in [5.41, 5.74) is 0.816. The van der Waals surface area contributed by atoms with Crippen LogP contribution in [0.2, 0.25) is 0 Å². The fraction of sp³-hybridized carbons (Fsp3) is 0.333. The van der Waals surface area contributed by atoms with Crippen molar-refractivity contribution in [3.05, 3.63) is 43.7 Å². The van der Waals surface area contributed by atoms with Gasteiger partial charge in [-0.25, -0.2) is 14.8 Å². The van der Waals surface area contributed by atoms with E-state index in [0.29, 0.717) is 11.4 Å². The second-order valence-corrected chi connectivity index (χ2v) is 7.39. The van der Waals surface area contributed by atoms with Gasteiger partial charge in [-0.05, 0) is 20.3 Å². The highest BCUT2D eigenvalue weighted by atomic mass is 32.1. The number of aromatic nitrogens is 3. The van der Waals surface area contributed by atoms with Gasteiger partial charge in [0.15, 0.2) is 4.96 Å². The van der Waals surface area contributed by atoms with Crippen molar-refractivity contribution in [2.75, 3.05) is 5.32 Å². The molecule has 0 aromatic carbocycles. The molecule has 0 saturated heterocycles. The lowest BCUT2D eigenvalue weighted by Gasteiger charge is -2.15. The number of thiazole rings is 2. The maximum absolute atomic E-state index is 12.3. The van der Waals surface area contributed by atoms with E-state index in [1.165, 1.54) is 21.9 Å². The number of amides is 2. The second-order valence-electron chi connectivity index (χ2n) is 5.29. The molecular weight excluding hydrogens is 346 g/mol. The van der Waals surface area contributed by atoms with Crippen LogP contribution in [0, 0.1) is 13.8 Å². The maximum atomic E-state index is 12.3. The number of aryl methyl sites for hydroxylation is 2. The van der Waals surface area contributed by atoms with E-state index in [2.05, 4.69) is 20.6 Å². The van der Waals surface area contributed by atoms with Crippen molar-refractivity contribution >= 4 is 39.4 Å². The van der Waals surface area contributed by atoms with Gasteiger partial charge in [-0.1, -0.05) is 6.92 Å². The fourth-order valence-electron chi connectivity index (χ4n) is 2.21. The predicted molar refractivity (Wildman–Crippen MR) is 96.1 cm³/mol. The van der Waals surface area contributed by atoms with Gasteiger partial charge in [-0.15, -0.1) is 22.7 Å². The Morgan fingerprint density at radius 2 is 2.21 bits per heavy atom. The van der Waals surface area contributed by atoms with E-state index in [0.717, 1.165) is 15.6 Å². The van der Waals surface area contributed by atoms with E-state index < -0.39 is 6.03 Å². The summed E-state index contributed by atoms with van der Waals surface area (Å²) in [6, 6.07) is -0.635. The molecule has 126 valence electrons. The van der Waals surface area contributed by atoms with Crippen molar-refractivity contribution in [3.8, 4) is 0 Å². The zero-order chi connectivity index (χ0) is 17.3. The van der Waals surface area contributed by atoms with Crippen LogP contribution in [0.5, 0.6) is 0 Å². The minimum absolute atomic E-state index is 0.143. The number of carbonyl (C=O) groups is 1. The van der Waals surface area contributed by atoms with Crippen LogP contribution in [0.25, 0.3) is 4.96 Å². The van der Waals surface area contributed by atoms with E-state index in [-0.39, 0.29) is 17.3 Å². The highest BCUT2D eigenvalue weighted by molar-refractivity contribution is 7.15. The van der Waals surface area contributed by atoms with Crippen molar-refractivity contribution in [1.29, 1.82) is 0 Å². The first-order valence-corrected chi connectivity index (χ1v) is 9.15. The molecule has 2 amide bonds. The molecule has 24 heavy (non-hydrogen) atoms. The number of nitrogens with zero attached hydrogens (tertiary/aromatic N) is 3. The Labute approximate surface area is 146 Å². The molecule has 0 aliphatic carbocycles. The number of hydrogen-bond acceptors (Lipinski definition) is 6. The molecule has 1 unspecified atom stereocenters. The van der Waals surface area contributed by atoms with E-state index in [4.69, 9.17) is 0 Å². The zero-order valence-electron chi connectivity index (χ0n) is 13.5. The van der Waals surface area contributed by atoms with Gasteiger partial charge in [0, 0.05) is 16.5 Å². The first-order chi connectivity index (χ1) is 11.5. The summed E-state index contributed by atoms with van der Waals surface area (Å²) in [7, 11) is 0. The largest absolute Gasteiger partial charge is 0.329 e. The number of rotatable bonds is 4. The summed E-state index contributed by atoms with van der Waals surface area (Å²) in [5, 5.41) is 8.09. The summed E-state index contributed by atoms with van der Waals surface area (Å²) < 4.78 is 1.41. The maximum Gasteiger partial charge on any atom is 0.319 e. The number of hydrogen-bond donors (Lipinski definition) is 2. The van der Waals surface area contributed by atoms with E-state index in [1.54, 1.807) is 22.9 Å². The molecule has 0 radical (unpaired) electrons. The Morgan fingerprint density at radius 3 is 2.88 bits per heavy atom. The van der Waals surface area contributed by atoms with Crippen molar-refractivity contribution in [1.82, 2.24) is 19.7 Å². The zero-order valence-corrected chi connectivity index (χ0v) is 15.1. The summed E-state index contributed by atoms with van der Waals surface area (Å²) in [5.74, 6) is 0. The molecule has 7 nitrogen and oxygen atoms in total. The Morgan fingerprint density at radius 1 is 1.42 bits per heavy atom. The van der Waals surface area contributed by atoms with Crippen LogP contribution in [0.3, 0.4) is 0 Å². The fourth-order valence-corrected chi connectivity index (χ4v) is 3.94. The summed E-state index contributed by atoms with van der Waals surface area (Å²) >= 11 is 2.93. The van der Waals surface area contributed by atoms with Gasteiger partial charge < -0.3 is 10.6 Å². The summed E-state index contributed by atoms with van der Waals surface area (Å²) in [6.45, 7) is 5.93. The molecule has 3 aromatic rings. The molecule has 2 N–H and O–H groups in total. The van der Waals surface area contributed by atoms with Gasteiger partial charge in [0.05, 0.1) is 17.9 Å². The van der Waals surface area contributed by atoms with Crippen LogP contribution in [-0.2, 0) is 0 Å². The molecule has 0 aliphatic rings. The van der Waals surface area contributed by atoms with Crippen LogP contribution in [0.15, 0.2) is 22.6 Å². The van der Waals surface area contributed by atoms with Crippen LogP contribution in [-0.4, -0.2) is 20.4 Å². The molecule has 3 rings (SSSR count). The standard InChI is InChI=1S/C15H17N5O2S2/c1-4-10(12-17-8(2)9(3)24-12)18-14(22)19-11-7-16-15-20(13(11)21)5-6-23-15/h5-7,10H,4H2,1-3H3,(H2,18,19,22). The Kier molecular flexibility index (Phi) is 4.63. The monoisotopic (exact) mass is 363 g/mol. The Balaban J connectivity index is 1.76. The quantitative estimate of drug-likeness (QED) is 0.745. The smallest absolute Gasteiger partial charge is 0.319 e. The molecule has 1 atom stereocenters. The molecular formula is C15H17N5O2S2.